The molecule has 0 saturated heterocycles. The number of aromatic nitrogens is 4. The molecule has 2 heterocycles. The summed E-state index contributed by atoms with van der Waals surface area (Å²) in [5, 5.41) is 6.79. The minimum Gasteiger partial charge on any atom is -0.338 e. The van der Waals surface area contributed by atoms with Gasteiger partial charge in [0.2, 0.25) is 0 Å². The van der Waals surface area contributed by atoms with Crippen LogP contribution in [-0.2, 0) is 9.84 Å². The molecule has 98 valence electrons. The highest BCUT2D eigenvalue weighted by Crippen LogP contribution is 2.23. The van der Waals surface area contributed by atoms with Crippen LogP contribution in [0.15, 0.2) is 29.3 Å². The number of fused-ring (bicyclic) bond motifs is 1. The van der Waals surface area contributed by atoms with E-state index in [9.17, 15) is 8.42 Å². The van der Waals surface area contributed by atoms with Crippen LogP contribution < -0.4 is 0 Å². The molecule has 0 aliphatic carbocycles. The van der Waals surface area contributed by atoms with E-state index in [0.717, 1.165) is 16.8 Å². The number of aryl methyl sites for hydroxylation is 1. The van der Waals surface area contributed by atoms with Crippen molar-refractivity contribution in [2.75, 3.05) is 6.26 Å². The molecule has 0 aliphatic heterocycles. The number of nitrogens with one attached hydrogen (secondary N) is 2. The summed E-state index contributed by atoms with van der Waals surface area (Å²) in [6, 6.07) is 4.85. The van der Waals surface area contributed by atoms with Gasteiger partial charge in [-0.25, -0.2) is 13.4 Å². The summed E-state index contributed by atoms with van der Waals surface area (Å²) in [5.74, 6) is 0.673. The van der Waals surface area contributed by atoms with Crippen molar-refractivity contribution in [1.29, 1.82) is 0 Å². The summed E-state index contributed by atoms with van der Waals surface area (Å²) in [6.07, 6.45) is 2.87. The van der Waals surface area contributed by atoms with Gasteiger partial charge in [-0.2, -0.15) is 5.10 Å². The Hall–Kier alpha value is -2.15. The number of nitrogens with zero attached hydrogens (tertiary/aromatic N) is 2. The molecule has 0 atom stereocenters. The fourth-order valence-corrected chi connectivity index (χ4v) is 2.58. The van der Waals surface area contributed by atoms with Gasteiger partial charge in [-0.05, 0) is 25.1 Å². The molecule has 0 bridgehead atoms. The lowest BCUT2D eigenvalue weighted by Gasteiger charge is -1.96. The van der Waals surface area contributed by atoms with E-state index in [1.165, 1.54) is 6.26 Å². The van der Waals surface area contributed by atoms with Crippen LogP contribution in [0.5, 0.6) is 0 Å². The van der Waals surface area contributed by atoms with E-state index < -0.39 is 9.84 Å². The number of sulfone groups is 1. The molecule has 6 nitrogen and oxygen atoms in total. The first kappa shape index (κ1) is 11.9. The highest BCUT2D eigenvalue weighted by molar-refractivity contribution is 7.90. The maximum absolute atomic E-state index is 11.5. The summed E-state index contributed by atoms with van der Waals surface area (Å²) in [5.41, 5.74) is 3.20. The van der Waals surface area contributed by atoms with E-state index in [-0.39, 0.29) is 4.90 Å². The molecular formula is C12H12N4O2S. The van der Waals surface area contributed by atoms with Crippen molar-refractivity contribution in [2.24, 2.45) is 0 Å². The molecule has 7 heteroatoms. The highest BCUT2D eigenvalue weighted by atomic mass is 32.2. The molecule has 0 amide bonds. The van der Waals surface area contributed by atoms with Crippen molar-refractivity contribution in [3.8, 4) is 11.4 Å². The lowest BCUT2D eigenvalue weighted by Crippen LogP contribution is -1.96. The van der Waals surface area contributed by atoms with Crippen molar-refractivity contribution in [2.45, 2.75) is 11.8 Å². The predicted octanol–water partition coefficient (Wildman–Crippen LogP) is 1.66. The first-order chi connectivity index (χ1) is 8.95. The van der Waals surface area contributed by atoms with Gasteiger partial charge in [-0.1, -0.05) is 0 Å². The lowest BCUT2D eigenvalue weighted by atomic mass is 10.2. The Balaban J connectivity index is 2.19. The summed E-state index contributed by atoms with van der Waals surface area (Å²) >= 11 is 0. The van der Waals surface area contributed by atoms with Gasteiger partial charge in [0, 0.05) is 11.9 Å². The van der Waals surface area contributed by atoms with Gasteiger partial charge in [0.05, 0.1) is 27.7 Å². The van der Waals surface area contributed by atoms with Crippen molar-refractivity contribution < 1.29 is 8.42 Å². The molecule has 0 spiro atoms. The third-order valence-corrected chi connectivity index (χ3v) is 4.08. The van der Waals surface area contributed by atoms with Crippen LogP contribution in [0.4, 0.5) is 0 Å². The third-order valence-electron chi connectivity index (χ3n) is 2.97. The molecule has 1 aromatic carbocycles. The van der Waals surface area contributed by atoms with Crippen LogP contribution in [-0.4, -0.2) is 34.8 Å². The molecule has 0 fully saturated rings. The average molecular weight is 276 g/mol. The zero-order valence-corrected chi connectivity index (χ0v) is 11.2. The average Bonchev–Trinajstić information content (AvgIpc) is 2.91. The van der Waals surface area contributed by atoms with E-state index in [1.54, 1.807) is 24.4 Å². The number of benzene rings is 1. The first-order valence-corrected chi connectivity index (χ1v) is 7.54. The molecule has 19 heavy (non-hydrogen) atoms. The second kappa shape index (κ2) is 3.92. The van der Waals surface area contributed by atoms with E-state index in [4.69, 9.17) is 0 Å². The summed E-state index contributed by atoms with van der Waals surface area (Å²) in [4.78, 5) is 7.82. The third kappa shape index (κ3) is 2.01. The largest absolute Gasteiger partial charge is 0.338 e. The second-order valence-corrected chi connectivity index (χ2v) is 6.46. The molecule has 0 unspecified atom stereocenters. The second-order valence-electron chi connectivity index (χ2n) is 4.45. The Labute approximate surface area is 109 Å². The molecule has 2 aromatic heterocycles. The topological polar surface area (TPSA) is 91.5 Å². The van der Waals surface area contributed by atoms with Gasteiger partial charge >= 0.3 is 0 Å². The molecular weight excluding hydrogens is 264 g/mol. The Morgan fingerprint density at radius 3 is 2.68 bits per heavy atom. The number of hydrogen-bond acceptors (Lipinski definition) is 4. The molecule has 0 saturated carbocycles. The van der Waals surface area contributed by atoms with Gasteiger partial charge in [0.15, 0.2) is 9.84 Å². The van der Waals surface area contributed by atoms with Gasteiger partial charge in [-0.3, -0.25) is 5.10 Å². The van der Waals surface area contributed by atoms with E-state index in [1.807, 2.05) is 6.92 Å². The normalized spacial score (nSPS) is 12.1. The smallest absolute Gasteiger partial charge is 0.175 e. The van der Waals surface area contributed by atoms with Crippen molar-refractivity contribution in [1.82, 2.24) is 20.2 Å². The lowest BCUT2D eigenvalue weighted by molar-refractivity contribution is 0.602. The zero-order chi connectivity index (χ0) is 13.6. The number of hydrogen-bond donors (Lipinski definition) is 2. The number of imidazole rings is 1. The summed E-state index contributed by atoms with van der Waals surface area (Å²) in [7, 11) is -3.21. The van der Waals surface area contributed by atoms with E-state index in [0.29, 0.717) is 11.3 Å². The van der Waals surface area contributed by atoms with Crippen molar-refractivity contribution in [3.05, 3.63) is 30.1 Å². The zero-order valence-electron chi connectivity index (χ0n) is 10.4. The molecule has 3 aromatic rings. The molecule has 0 aliphatic rings. The maximum Gasteiger partial charge on any atom is 0.175 e. The highest BCUT2D eigenvalue weighted by Gasteiger charge is 2.12. The Morgan fingerprint density at radius 1 is 1.26 bits per heavy atom. The van der Waals surface area contributed by atoms with Crippen LogP contribution in [0.1, 0.15) is 5.69 Å². The Kier molecular flexibility index (Phi) is 2.46. The van der Waals surface area contributed by atoms with Crippen LogP contribution in [0, 0.1) is 6.92 Å². The summed E-state index contributed by atoms with van der Waals surface area (Å²) < 4.78 is 23.0. The number of aromatic amines is 2. The molecule has 3 rings (SSSR count). The fraction of sp³-hybridized carbons (Fsp3) is 0.167. The monoisotopic (exact) mass is 276 g/mol. The van der Waals surface area contributed by atoms with Gasteiger partial charge in [0.25, 0.3) is 0 Å². The van der Waals surface area contributed by atoms with Crippen molar-refractivity contribution in [3.63, 3.8) is 0 Å². The van der Waals surface area contributed by atoms with E-state index in [2.05, 4.69) is 20.2 Å². The van der Waals surface area contributed by atoms with Crippen LogP contribution >= 0.6 is 0 Å². The quantitative estimate of drug-likeness (QED) is 0.744. The first-order valence-electron chi connectivity index (χ1n) is 5.65. The Bertz CT molecular complexity index is 861. The minimum atomic E-state index is -3.21. The Morgan fingerprint density at radius 2 is 2.05 bits per heavy atom. The molecule has 2 N–H and O–H groups in total. The number of rotatable bonds is 2. The SMILES string of the molecule is Cc1[nH]ncc1-c1nc2ccc(S(C)(=O)=O)cc2[nH]1. The van der Waals surface area contributed by atoms with Crippen LogP contribution in [0.3, 0.4) is 0 Å². The van der Waals surface area contributed by atoms with Gasteiger partial charge in [0.1, 0.15) is 5.82 Å². The van der Waals surface area contributed by atoms with Gasteiger partial charge in [-0.15, -0.1) is 0 Å². The maximum atomic E-state index is 11.5. The standard InChI is InChI=1S/C12H12N4O2S/c1-7-9(6-13-16-7)12-14-10-4-3-8(19(2,17)18)5-11(10)15-12/h3-6H,1-2H3,(H,13,16)(H,14,15). The molecule has 0 radical (unpaired) electrons. The van der Waals surface area contributed by atoms with Gasteiger partial charge < -0.3 is 4.98 Å². The predicted molar refractivity (Wildman–Crippen MR) is 71.5 cm³/mol. The minimum absolute atomic E-state index is 0.277. The summed E-state index contributed by atoms with van der Waals surface area (Å²) in [6.45, 7) is 1.90. The van der Waals surface area contributed by atoms with E-state index >= 15 is 0 Å². The van der Waals surface area contributed by atoms with Crippen LogP contribution in [0.2, 0.25) is 0 Å². The fourth-order valence-electron chi connectivity index (χ4n) is 1.94. The van der Waals surface area contributed by atoms with Crippen molar-refractivity contribution >= 4 is 20.9 Å². The van der Waals surface area contributed by atoms with Crippen LogP contribution in [0.25, 0.3) is 22.4 Å². The number of H-pyrrole nitrogens is 2.